The zero-order valence-corrected chi connectivity index (χ0v) is 18.5. The second-order valence-corrected chi connectivity index (χ2v) is 8.26. The molecule has 0 radical (unpaired) electrons. The molecule has 4 aromatic rings. The highest BCUT2D eigenvalue weighted by Gasteiger charge is 2.24. The number of carbonyl (C=O) groups is 1. The first kappa shape index (κ1) is 20.5. The Morgan fingerprint density at radius 2 is 1.69 bits per heavy atom. The minimum absolute atomic E-state index is 0.145. The van der Waals surface area contributed by atoms with E-state index in [1.807, 2.05) is 30.3 Å². The van der Waals surface area contributed by atoms with Gasteiger partial charge in [0.25, 0.3) is 0 Å². The maximum absolute atomic E-state index is 12.6. The standard InChI is InChI=1S/C22H19Cl2N7O/c23-15-3-1-5-17(11-15)28-22(32)30-9-7-29(8-10-30)20-19-13-27-31(21(19)26-14-25-20)18-6-2-4-16(24)12-18/h1-6,11-14H,7-10H2,(H,28,32). The summed E-state index contributed by atoms with van der Waals surface area (Å²) in [6, 6.07) is 14.4. The number of nitrogens with zero attached hydrogens (tertiary/aromatic N) is 6. The Labute approximate surface area is 194 Å². The molecular weight excluding hydrogens is 449 g/mol. The molecule has 0 unspecified atom stereocenters. The maximum atomic E-state index is 12.6. The van der Waals surface area contributed by atoms with E-state index in [2.05, 4.69) is 25.3 Å². The second kappa shape index (κ2) is 8.64. The van der Waals surface area contributed by atoms with Crippen LogP contribution in [-0.4, -0.2) is 56.9 Å². The van der Waals surface area contributed by atoms with Gasteiger partial charge < -0.3 is 15.1 Å². The van der Waals surface area contributed by atoms with Crippen molar-refractivity contribution in [3.05, 3.63) is 71.1 Å². The molecule has 2 aromatic heterocycles. The molecule has 1 aliphatic rings. The van der Waals surface area contributed by atoms with Crippen molar-refractivity contribution in [3.63, 3.8) is 0 Å². The van der Waals surface area contributed by atoms with Crippen molar-refractivity contribution in [2.75, 3.05) is 36.4 Å². The first-order valence-corrected chi connectivity index (χ1v) is 10.9. The number of hydrogen-bond acceptors (Lipinski definition) is 5. The molecule has 0 spiro atoms. The summed E-state index contributed by atoms with van der Waals surface area (Å²) in [5.41, 5.74) is 2.22. The largest absolute Gasteiger partial charge is 0.352 e. The van der Waals surface area contributed by atoms with Crippen LogP contribution in [0.15, 0.2) is 61.1 Å². The van der Waals surface area contributed by atoms with E-state index in [0.717, 1.165) is 16.9 Å². The smallest absolute Gasteiger partial charge is 0.321 e. The third kappa shape index (κ3) is 4.06. The van der Waals surface area contributed by atoms with Crippen LogP contribution < -0.4 is 10.2 Å². The molecule has 1 aliphatic heterocycles. The lowest BCUT2D eigenvalue weighted by Crippen LogP contribution is -2.50. The molecule has 1 saturated heterocycles. The molecular formula is C22H19Cl2N7O. The molecule has 0 saturated carbocycles. The zero-order valence-electron chi connectivity index (χ0n) is 16.9. The number of piperazine rings is 1. The van der Waals surface area contributed by atoms with E-state index in [1.165, 1.54) is 0 Å². The normalized spacial score (nSPS) is 14.1. The lowest BCUT2D eigenvalue weighted by Gasteiger charge is -2.35. The summed E-state index contributed by atoms with van der Waals surface area (Å²) in [7, 11) is 0. The molecule has 10 heteroatoms. The lowest BCUT2D eigenvalue weighted by molar-refractivity contribution is 0.208. The molecule has 0 aliphatic carbocycles. The molecule has 8 nitrogen and oxygen atoms in total. The van der Waals surface area contributed by atoms with Crippen molar-refractivity contribution in [2.45, 2.75) is 0 Å². The van der Waals surface area contributed by atoms with Gasteiger partial charge in [0.1, 0.15) is 12.1 Å². The number of rotatable bonds is 3. The van der Waals surface area contributed by atoms with Gasteiger partial charge in [-0.1, -0.05) is 35.3 Å². The molecule has 5 rings (SSSR count). The zero-order chi connectivity index (χ0) is 22.1. The number of halogens is 2. The Hall–Kier alpha value is -3.36. The van der Waals surface area contributed by atoms with Gasteiger partial charge in [0.2, 0.25) is 0 Å². The summed E-state index contributed by atoms with van der Waals surface area (Å²) in [5.74, 6) is 0.804. The number of hydrogen-bond donors (Lipinski definition) is 1. The van der Waals surface area contributed by atoms with E-state index in [4.69, 9.17) is 23.2 Å². The van der Waals surface area contributed by atoms with E-state index >= 15 is 0 Å². The van der Waals surface area contributed by atoms with E-state index < -0.39 is 0 Å². The Bertz CT molecular complexity index is 1280. The molecule has 0 bridgehead atoms. The number of nitrogens with one attached hydrogen (secondary N) is 1. The third-order valence-corrected chi connectivity index (χ3v) is 5.81. The average Bonchev–Trinajstić information content (AvgIpc) is 3.24. The van der Waals surface area contributed by atoms with Gasteiger partial charge in [-0.25, -0.2) is 19.4 Å². The van der Waals surface area contributed by atoms with Crippen LogP contribution in [0.2, 0.25) is 10.0 Å². The van der Waals surface area contributed by atoms with Crippen LogP contribution in [0.4, 0.5) is 16.3 Å². The minimum atomic E-state index is -0.145. The molecule has 0 atom stereocenters. The van der Waals surface area contributed by atoms with Crippen molar-refractivity contribution in [3.8, 4) is 5.69 Å². The molecule has 162 valence electrons. The number of fused-ring (bicyclic) bond motifs is 1. The Balaban J connectivity index is 1.31. The maximum Gasteiger partial charge on any atom is 0.321 e. The van der Waals surface area contributed by atoms with Gasteiger partial charge in [0, 0.05) is 41.9 Å². The number of aromatic nitrogens is 4. The highest BCUT2D eigenvalue weighted by atomic mass is 35.5. The van der Waals surface area contributed by atoms with E-state index in [9.17, 15) is 4.79 Å². The summed E-state index contributed by atoms with van der Waals surface area (Å²) in [4.78, 5) is 25.5. The topological polar surface area (TPSA) is 79.2 Å². The van der Waals surface area contributed by atoms with E-state index in [-0.39, 0.29) is 6.03 Å². The molecule has 32 heavy (non-hydrogen) atoms. The third-order valence-electron chi connectivity index (χ3n) is 5.34. The molecule has 1 fully saturated rings. The number of amides is 2. The van der Waals surface area contributed by atoms with Crippen LogP contribution in [0.3, 0.4) is 0 Å². The van der Waals surface area contributed by atoms with Crippen molar-refractivity contribution >= 4 is 51.8 Å². The van der Waals surface area contributed by atoms with Gasteiger partial charge in [-0.15, -0.1) is 0 Å². The SMILES string of the molecule is O=C(Nc1cccc(Cl)c1)N1CCN(c2ncnc3c2cnn3-c2cccc(Cl)c2)CC1. The minimum Gasteiger partial charge on any atom is -0.352 e. The van der Waals surface area contributed by atoms with Crippen LogP contribution in [0.5, 0.6) is 0 Å². The first-order chi connectivity index (χ1) is 15.6. The van der Waals surface area contributed by atoms with Gasteiger partial charge >= 0.3 is 6.03 Å². The highest BCUT2D eigenvalue weighted by Crippen LogP contribution is 2.26. The van der Waals surface area contributed by atoms with E-state index in [0.29, 0.717) is 47.6 Å². The van der Waals surface area contributed by atoms with Gasteiger partial charge in [0.15, 0.2) is 5.65 Å². The summed E-state index contributed by atoms with van der Waals surface area (Å²) in [5, 5.41) is 9.47. The van der Waals surface area contributed by atoms with Crippen LogP contribution in [0.1, 0.15) is 0 Å². The molecule has 1 N–H and O–H groups in total. The summed E-state index contributed by atoms with van der Waals surface area (Å²) in [6.07, 6.45) is 3.31. The van der Waals surface area contributed by atoms with Gasteiger partial charge in [-0.3, -0.25) is 0 Å². The van der Waals surface area contributed by atoms with E-state index in [1.54, 1.807) is 40.3 Å². The van der Waals surface area contributed by atoms with Crippen LogP contribution in [-0.2, 0) is 0 Å². The monoisotopic (exact) mass is 467 g/mol. The van der Waals surface area contributed by atoms with Crippen molar-refractivity contribution in [2.24, 2.45) is 0 Å². The number of urea groups is 1. The van der Waals surface area contributed by atoms with Crippen molar-refractivity contribution in [1.82, 2.24) is 24.6 Å². The van der Waals surface area contributed by atoms with Crippen molar-refractivity contribution < 1.29 is 4.79 Å². The highest BCUT2D eigenvalue weighted by molar-refractivity contribution is 6.31. The van der Waals surface area contributed by atoms with Crippen molar-refractivity contribution in [1.29, 1.82) is 0 Å². The fraction of sp³-hybridized carbons (Fsp3) is 0.182. The average molecular weight is 468 g/mol. The molecule has 2 amide bonds. The summed E-state index contributed by atoms with van der Waals surface area (Å²) < 4.78 is 1.75. The fourth-order valence-corrected chi connectivity index (χ4v) is 4.15. The van der Waals surface area contributed by atoms with Gasteiger partial charge in [0.05, 0.1) is 17.3 Å². The summed E-state index contributed by atoms with van der Waals surface area (Å²) >= 11 is 12.1. The molecule has 2 aromatic carbocycles. The van der Waals surface area contributed by atoms with Gasteiger partial charge in [-0.2, -0.15) is 5.10 Å². The number of benzene rings is 2. The predicted octanol–water partition coefficient (Wildman–Crippen LogP) is 4.48. The second-order valence-electron chi connectivity index (χ2n) is 7.39. The van der Waals surface area contributed by atoms with Gasteiger partial charge in [-0.05, 0) is 36.4 Å². The van der Waals surface area contributed by atoms with Crippen LogP contribution in [0.25, 0.3) is 16.7 Å². The Kier molecular flexibility index (Phi) is 5.55. The van der Waals surface area contributed by atoms with Crippen LogP contribution in [0, 0.1) is 0 Å². The summed E-state index contributed by atoms with van der Waals surface area (Å²) in [6.45, 7) is 2.44. The fourth-order valence-electron chi connectivity index (χ4n) is 3.77. The Morgan fingerprint density at radius 3 is 2.44 bits per heavy atom. The predicted molar refractivity (Wildman–Crippen MR) is 126 cm³/mol. The Morgan fingerprint density at radius 1 is 0.938 bits per heavy atom. The molecule has 3 heterocycles. The first-order valence-electron chi connectivity index (χ1n) is 10.1. The van der Waals surface area contributed by atoms with Crippen LogP contribution >= 0.6 is 23.2 Å². The number of carbonyl (C=O) groups excluding carboxylic acids is 1. The lowest BCUT2D eigenvalue weighted by atomic mass is 10.2. The quantitative estimate of drug-likeness (QED) is 0.480. The number of anilines is 2.